The Bertz CT molecular complexity index is 550. The molecule has 21 heavy (non-hydrogen) atoms. The van der Waals surface area contributed by atoms with E-state index < -0.39 is 6.10 Å². The SMILES string of the molecule is CNC(=O)c1cc(Cl)ccc1NC(=O)[C@@H]1CC[C@H](CN)O1. The van der Waals surface area contributed by atoms with E-state index in [4.69, 9.17) is 22.1 Å². The Hall–Kier alpha value is -1.63. The fourth-order valence-corrected chi connectivity index (χ4v) is 2.41. The van der Waals surface area contributed by atoms with Gasteiger partial charge in [-0.1, -0.05) is 11.6 Å². The molecule has 0 spiro atoms. The third-order valence-electron chi connectivity index (χ3n) is 3.37. The predicted octanol–water partition coefficient (Wildman–Crippen LogP) is 1.14. The minimum absolute atomic E-state index is 0.0793. The average Bonchev–Trinajstić information content (AvgIpc) is 2.97. The number of hydrogen-bond acceptors (Lipinski definition) is 4. The van der Waals surface area contributed by atoms with Crippen LogP contribution in [0.25, 0.3) is 0 Å². The number of ether oxygens (including phenoxy) is 1. The van der Waals surface area contributed by atoms with Crippen LogP contribution in [-0.4, -0.2) is 37.6 Å². The molecule has 1 aliphatic heterocycles. The van der Waals surface area contributed by atoms with E-state index in [2.05, 4.69) is 10.6 Å². The number of amides is 2. The molecular formula is C14H18ClN3O3. The summed E-state index contributed by atoms with van der Waals surface area (Å²) in [4.78, 5) is 24.0. The van der Waals surface area contributed by atoms with Gasteiger partial charge in [0.15, 0.2) is 0 Å². The Morgan fingerprint density at radius 2 is 2.19 bits per heavy atom. The lowest BCUT2D eigenvalue weighted by molar-refractivity contribution is -0.126. The van der Waals surface area contributed by atoms with E-state index in [1.807, 2.05) is 0 Å². The fraction of sp³-hybridized carbons (Fsp3) is 0.429. The summed E-state index contributed by atoms with van der Waals surface area (Å²) in [5.74, 6) is -0.599. The van der Waals surface area contributed by atoms with Crippen LogP contribution >= 0.6 is 11.6 Å². The molecule has 0 radical (unpaired) electrons. The van der Waals surface area contributed by atoms with Gasteiger partial charge in [-0.25, -0.2) is 0 Å². The third kappa shape index (κ3) is 3.72. The van der Waals surface area contributed by atoms with Crippen LogP contribution in [-0.2, 0) is 9.53 Å². The highest BCUT2D eigenvalue weighted by Crippen LogP contribution is 2.24. The number of rotatable bonds is 4. The molecule has 1 aromatic carbocycles. The molecule has 1 saturated heterocycles. The van der Waals surface area contributed by atoms with Crippen molar-refractivity contribution in [2.45, 2.75) is 25.0 Å². The molecule has 0 unspecified atom stereocenters. The normalized spacial score (nSPS) is 21.1. The molecule has 1 fully saturated rings. The van der Waals surface area contributed by atoms with Crippen LogP contribution in [0, 0.1) is 0 Å². The Morgan fingerprint density at radius 3 is 2.81 bits per heavy atom. The summed E-state index contributed by atoms with van der Waals surface area (Å²) in [5.41, 5.74) is 6.24. The number of nitrogens with one attached hydrogen (secondary N) is 2. The quantitative estimate of drug-likeness (QED) is 0.777. The highest BCUT2D eigenvalue weighted by atomic mass is 35.5. The first kappa shape index (κ1) is 15.8. The van der Waals surface area contributed by atoms with Gasteiger partial charge < -0.3 is 21.1 Å². The molecule has 7 heteroatoms. The van der Waals surface area contributed by atoms with Gasteiger partial charge in [-0.3, -0.25) is 9.59 Å². The molecule has 1 heterocycles. The number of halogens is 1. The van der Waals surface area contributed by atoms with Gasteiger partial charge in [0, 0.05) is 18.6 Å². The highest BCUT2D eigenvalue weighted by molar-refractivity contribution is 6.31. The van der Waals surface area contributed by atoms with Crippen molar-refractivity contribution >= 4 is 29.1 Å². The summed E-state index contributed by atoms with van der Waals surface area (Å²) in [6, 6.07) is 4.72. The maximum Gasteiger partial charge on any atom is 0.253 e. The molecule has 1 aliphatic rings. The van der Waals surface area contributed by atoms with Crippen molar-refractivity contribution in [2.75, 3.05) is 18.9 Å². The zero-order valence-corrected chi connectivity index (χ0v) is 12.4. The molecule has 0 saturated carbocycles. The smallest absolute Gasteiger partial charge is 0.253 e. The van der Waals surface area contributed by atoms with Crippen molar-refractivity contribution in [2.24, 2.45) is 5.73 Å². The summed E-state index contributed by atoms with van der Waals surface area (Å²) in [6.45, 7) is 0.397. The number of anilines is 1. The predicted molar refractivity (Wildman–Crippen MR) is 80.4 cm³/mol. The minimum Gasteiger partial charge on any atom is -0.364 e. The van der Waals surface area contributed by atoms with E-state index in [1.165, 1.54) is 13.1 Å². The van der Waals surface area contributed by atoms with Gasteiger partial charge in [0.25, 0.3) is 11.8 Å². The first-order valence-corrected chi connectivity index (χ1v) is 7.11. The molecule has 1 aromatic rings. The van der Waals surface area contributed by atoms with Crippen LogP contribution in [0.5, 0.6) is 0 Å². The van der Waals surface area contributed by atoms with Crippen molar-refractivity contribution < 1.29 is 14.3 Å². The number of hydrogen-bond donors (Lipinski definition) is 3. The van der Waals surface area contributed by atoms with Crippen LogP contribution < -0.4 is 16.4 Å². The van der Waals surface area contributed by atoms with Gasteiger partial charge in [0.05, 0.1) is 17.4 Å². The number of benzene rings is 1. The summed E-state index contributed by atoms with van der Waals surface area (Å²) in [6.07, 6.45) is 0.768. The Labute approximate surface area is 128 Å². The first-order chi connectivity index (χ1) is 10.0. The molecule has 0 aliphatic carbocycles. The molecule has 2 rings (SSSR count). The maximum atomic E-state index is 12.2. The van der Waals surface area contributed by atoms with Gasteiger partial charge in [-0.2, -0.15) is 0 Å². The third-order valence-corrected chi connectivity index (χ3v) is 3.61. The van der Waals surface area contributed by atoms with E-state index >= 15 is 0 Å². The summed E-state index contributed by atoms with van der Waals surface area (Å²) in [7, 11) is 1.51. The molecule has 0 bridgehead atoms. The van der Waals surface area contributed by atoms with Crippen LogP contribution in [0.1, 0.15) is 23.2 Å². The van der Waals surface area contributed by atoms with E-state index in [-0.39, 0.29) is 17.9 Å². The number of nitrogens with two attached hydrogens (primary N) is 1. The van der Waals surface area contributed by atoms with Crippen molar-refractivity contribution in [1.82, 2.24) is 5.32 Å². The molecule has 6 nitrogen and oxygen atoms in total. The van der Waals surface area contributed by atoms with Crippen LogP contribution in [0.4, 0.5) is 5.69 Å². The lowest BCUT2D eigenvalue weighted by atomic mass is 10.1. The topological polar surface area (TPSA) is 93.5 Å². The molecule has 0 aromatic heterocycles. The Kier molecular flexibility index (Phi) is 5.17. The monoisotopic (exact) mass is 311 g/mol. The first-order valence-electron chi connectivity index (χ1n) is 6.73. The van der Waals surface area contributed by atoms with Crippen LogP contribution in [0.15, 0.2) is 18.2 Å². The summed E-state index contributed by atoms with van der Waals surface area (Å²) in [5, 5.41) is 5.65. The largest absolute Gasteiger partial charge is 0.364 e. The van der Waals surface area contributed by atoms with Crippen LogP contribution in [0.3, 0.4) is 0 Å². The second-order valence-corrected chi connectivity index (χ2v) is 5.25. The van der Waals surface area contributed by atoms with Gasteiger partial charge in [0.1, 0.15) is 6.10 Å². The van der Waals surface area contributed by atoms with E-state index in [0.717, 1.165) is 6.42 Å². The molecule has 2 atom stereocenters. The maximum absolute atomic E-state index is 12.2. The van der Waals surface area contributed by atoms with E-state index in [9.17, 15) is 9.59 Å². The van der Waals surface area contributed by atoms with E-state index in [1.54, 1.807) is 12.1 Å². The highest BCUT2D eigenvalue weighted by Gasteiger charge is 2.30. The van der Waals surface area contributed by atoms with Crippen molar-refractivity contribution in [3.63, 3.8) is 0 Å². The number of carbonyl (C=O) groups is 2. The van der Waals surface area contributed by atoms with E-state index in [0.29, 0.717) is 29.2 Å². The Balaban J connectivity index is 2.12. The average molecular weight is 312 g/mol. The standard InChI is InChI=1S/C14H18ClN3O3/c1-17-13(19)10-6-8(15)2-4-11(10)18-14(20)12-5-3-9(7-16)21-12/h2,4,6,9,12H,3,5,7,16H2,1H3,(H,17,19)(H,18,20)/t9-,12+/m1/s1. The van der Waals surface area contributed by atoms with Crippen molar-refractivity contribution in [3.05, 3.63) is 28.8 Å². The zero-order chi connectivity index (χ0) is 15.4. The second-order valence-electron chi connectivity index (χ2n) is 4.82. The van der Waals surface area contributed by atoms with Gasteiger partial charge in [-0.05, 0) is 31.0 Å². The number of carbonyl (C=O) groups excluding carboxylic acids is 2. The zero-order valence-electron chi connectivity index (χ0n) is 11.7. The van der Waals surface area contributed by atoms with Gasteiger partial charge in [-0.15, -0.1) is 0 Å². The minimum atomic E-state index is -0.535. The second kappa shape index (κ2) is 6.89. The summed E-state index contributed by atoms with van der Waals surface area (Å²) >= 11 is 5.89. The van der Waals surface area contributed by atoms with Crippen LogP contribution in [0.2, 0.25) is 5.02 Å². The van der Waals surface area contributed by atoms with Crippen molar-refractivity contribution in [1.29, 1.82) is 0 Å². The summed E-state index contributed by atoms with van der Waals surface area (Å²) < 4.78 is 5.53. The lowest BCUT2D eigenvalue weighted by Gasteiger charge is -2.15. The van der Waals surface area contributed by atoms with Crippen molar-refractivity contribution in [3.8, 4) is 0 Å². The lowest BCUT2D eigenvalue weighted by Crippen LogP contribution is -2.31. The molecule has 4 N–H and O–H groups in total. The van der Waals surface area contributed by atoms with Gasteiger partial charge in [0.2, 0.25) is 0 Å². The van der Waals surface area contributed by atoms with Gasteiger partial charge >= 0.3 is 0 Å². The molecule has 114 valence electrons. The Morgan fingerprint density at radius 1 is 1.43 bits per heavy atom. The molecular weight excluding hydrogens is 294 g/mol. The molecule has 2 amide bonds. The fourth-order valence-electron chi connectivity index (χ4n) is 2.23.